The summed E-state index contributed by atoms with van der Waals surface area (Å²) in [6.45, 7) is 5.39. The molecule has 8 nitrogen and oxygen atoms in total. The quantitative estimate of drug-likeness (QED) is 0.0198. The van der Waals surface area contributed by atoms with Crippen LogP contribution in [0, 0.1) is 0 Å². The van der Waals surface area contributed by atoms with Crippen LogP contribution in [0.3, 0.4) is 0 Å². The largest absolute Gasteiger partial charge is 0.756 e. The highest BCUT2D eigenvalue weighted by molar-refractivity contribution is 7.45. The van der Waals surface area contributed by atoms with Crippen molar-refractivity contribution in [2.24, 2.45) is 0 Å². The molecule has 61 heavy (non-hydrogen) atoms. The van der Waals surface area contributed by atoms with E-state index in [2.05, 4.69) is 62.5 Å². The summed E-state index contributed by atoms with van der Waals surface area (Å²) in [5, 5.41) is 0. The molecular formula is C52H98NO7P. The van der Waals surface area contributed by atoms with Crippen molar-refractivity contribution in [2.75, 3.05) is 54.1 Å². The number of allylic oxidation sites excluding steroid dienone is 8. The first kappa shape index (κ1) is 59.5. The van der Waals surface area contributed by atoms with Crippen LogP contribution in [0.5, 0.6) is 0 Å². The molecule has 0 aromatic rings. The van der Waals surface area contributed by atoms with Gasteiger partial charge in [-0.3, -0.25) is 9.36 Å². The van der Waals surface area contributed by atoms with Gasteiger partial charge in [-0.2, -0.15) is 0 Å². The second kappa shape index (κ2) is 45.0. The van der Waals surface area contributed by atoms with Crippen LogP contribution < -0.4 is 4.89 Å². The van der Waals surface area contributed by atoms with Crippen LogP contribution >= 0.6 is 7.82 Å². The van der Waals surface area contributed by atoms with Crippen molar-refractivity contribution in [2.45, 2.75) is 225 Å². The molecule has 0 spiro atoms. The number of quaternary nitrogens is 1. The van der Waals surface area contributed by atoms with E-state index < -0.39 is 13.9 Å². The lowest BCUT2D eigenvalue weighted by atomic mass is 10.1. The number of rotatable bonds is 47. The molecule has 9 heteroatoms. The van der Waals surface area contributed by atoms with Gasteiger partial charge >= 0.3 is 5.97 Å². The first-order chi connectivity index (χ1) is 29.6. The number of carbonyl (C=O) groups is 1. The van der Waals surface area contributed by atoms with Crippen LogP contribution in [0.2, 0.25) is 0 Å². The Morgan fingerprint density at radius 3 is 1.36 bits per heavy atom. The molecule has 0 fully saturated rings. The molecule has 0 heterocycles. The second-order valence-electron chi connectivity index (χ2n) is 18.2. The predicted octanol–water partition coefficient (Wildman–Crippen LogP) is 14.9. The third kappa shape index (κ3) is 49.3. The molecule has 0 radical (unpaired) electrons. The Labute approximate surface area is 378 Å². The molecule has 0 rings (SSSR count). The lowest BCUT2D eigenvalue weighted by Crippen LogP contribution is -2.37. The monoisotopic (exact) mass is 880 g/mol. The van der Waals surface area contributed by atoms with Crippen LogP contribution in [-0.4, -0.2) is 70.7 Å². The van der Waals surface area contributed by atoms with E-state index in [4.69, 9.17) is 18.5 Å². The average Bonchev–Trinajstić information content (AvgIpc) is 3.22. The Hall–Kier alpha value is -1.54. The third-order valence-corrected chi connectivity index (χ3v) is 11.8. The van der Waals surface area contributed by atoms with Gasteiger partial charge in [0, 0.05) is 13.0 Å². The first-order valence-corrected chi connectivity index (χ1v) is 26.8. The minimum Gasteiger partial charge on any atom is -0.756 e. The molecule has 0 bridgehead atoms. The standard InChI is InChI=1S/C52H98NO7P/c1-6-8-10-12-14-16-18-20-22-24-25-26-27-28-29-30-31-33-35-37-39-41-43-45-52(54)60-51(50-59-61(55,56)58-48-46-53(3,4)5)49-57-47-44-42-40-38-36-34-32-23-21-19-17-15-13-11-9-7-2/h18,20-21,23-25,27-28,51H,6-17,19,22,26,29-50H2,1-5H3/b20-18-,23-21-,25-24-,28-27-. The topological polar surface area (TPSA) is 94.1 Å². The number of nitrogens with zero attached hydrogens (tertiary/aromatic N) is 1. The highest BCUT2D eigenvalue weighted by Gasteiger charge is 2.20. The van der Waals surface area contributed by atoms with Crippen molar-refractivity contribution >= 4 is 13.8 Å². The number of carbonyl (C=O) groups excluding carboxylic acids is 1. The molecule has 358 valence electrons. The number of hydrogen-bond acceptors (Lipinski definition) is 7. The zero-order chi connectivity index (χ0) is 44.8. The number of hydrogen-bond donors (Lipinski definition) is 0. The maximum Gasteiger partial charge on any atom is 0.306 e. The fourth-order valence-electron chi connectivity index (χ4n) is 6.90. The summed E-state index contributed by atoms with van der Waals surface area (Å²) in [6, 6.07) is 0. The second-order valence-corrected chi connectivity index (χ2v) is 19.6. The fourth-order valence-corrected chi connectivity index (χ4v) is 7.63. The molecule has 0 amide bonds. The van der Waals surface area contributed by atoms with Crippen LogP contribution in [-0.2, 0) is 27.9 Å². The molecule has 0 aromatic heterocycles. The molecule has 0 aromatic carbocycles. The lowest BCUT2D eigenvalue weighted by Gasteiger charge is -2.28. The van der Waals surface area contributed by atoms with E-state index in [1.54, 1.807) is 0 Å². The van der Waals surface area contributed by atoms with Gasteiger partial charge in [0.15, 0.2) is 0 Å². The summed E-state index contributed by atoms with van der Waals surface area (Å²) in [5.74, 6) is -0.343. The Morgan fingerprint density at radius 1 is 0.508 bits per heavy atom. The first-order valence-electron chi connectivity index (χ1n) is 25.4. The molecule has 0 saturated heterocycles. The van der Waals surface area contributed by atoms with Crippen molar-refractivity contribution in [3.8, 4) is 0 Å². The van der Waals surface area contributed by atoms with Crippen molar-refractivity contribution < 1.29 is 37.3 Å². The lowest BCUT2D eigenvalue weighted by molar-refractivity contribution is -0.870. The number of ether oxygens (including phenoxy) is 2. The molecule has 2 atom stereocenters. The van der Waals surface area contributed by atoms with Gasteiger partial charge in [-0.25, -0.2) is 0 Å². The van der Waals surface area contributed by atoms with Gasteiger partial charge in [-0.15, -0.1) is 0 Å². The Bertz CT molecular complexity index is 1120. The Balaban J connectivity index is 4.17. The van der Waals surface area contributed by atoms with E-state index in [-0.39, 0.29) is 25.8 Å². The van der Waals surface area contributed by atoms with Crippen LogP contribution in [0.1, 0.15) is 219 Å². The molecular weight excluding hydrogens is 782 g/mol. The zero-order valence-corrected chi connectivity index (χ0v) is 41.5. The maximum atomic E-state index is 12.7. The summed E-state index contributed by atoms with van der Waals surface area (Å²) in [4.78, 5) is 25.2. The summed E-state index contributed by atoms with van der Waals surface area (Å²) in [7, 11) is 1.35. The van der Waals surface area contributed by atoms with Crippen molar-refractivity contribution in [3.63, 3.8) is 0 Å². The molecule has 0 aliphatic rings. The highest BCUT2D eigenvalue weighted by atomic mass is 31.2. The maximum absolute atomic E-state index is 12.7. The van der Waals surface area contributed by atoms with E-state index in [1.165, 1.54) is 148 Å². The molecule has 2 unspecified atom stereocenters. The summed E-state index contributed by atoms with van der Waals surface area (Å²) in [5.41, 5.74) is 0. The van der Waals surface area contributed by atoms with E-state index in [1.807, 2.05) is 21.1 Å². The molecule has 0 aliphatic carbocycles. The van der Waals surface area contributed by atoms with Crippen molar-refractivity contribution in [1.82, 2.24) is 0 Å². The van der Waals surface area contributed by atoms with Gasteiger partial charge < -0.3 is 27.9 Å². The Morgan fingerprint density at radius 2 is 0.902 bits per heavy atom. The smallest absolute Gasteiger partial charge is 0.306 e. The van der Waals surface area contributed by atoms with Gasteiger partial charge in [0.2, 0.25) is 0 Å². The van der Waals surface area contributed by atoms with Crippen LogP contribution in [0.4, 0.5) is 0 Å². The normalized spacial score (nSPS) is 14.0. The highest BCUT2D eigenvalue weighted by Crippen LogP contribution is 2.38. The van der Waals surface area contributed by atoms with Gasteiger partial charge in [-0.05, 0) is 77.0 Å². The predicted molar refractivity (Wildman–Crippen MR) is 259 cm³/mol. The van der Waals surface area contributed by atoms with E-state index >= 15 is 0 Å². The SMILES string of the molecule is CCCCCCC/C=C\C/C=C\C/C=C\CCCCCCCCCCC(=O)OC(COCCCCCCCC/C=C\CCCCCCCC)COP(=O)([O-])OCC[N+](C)(C)C. The molecule has 0 N–H and O–H groups in total. The number of unbranched alkanes of at least 4 members (excludes halogenated alkanes) is 25. The van der Waals surface area contributed by atoms with Gasteiger partial charge in [0.25, 0.3) is 7.82 Å². The number of phosphoric ester groups is 1. The number of likely N-dealkylation sites (N-methyl/N-ethyl adjacent to an activating group) is 1. The van der Waals surface area contributed by atoms with Crippen LogP contribution in [0.25, 0.3) is 0 Å². The average molecular weight is 880 g/mol. The summed E-state index contributed by atoms with van der Waals surface area (Å²) < 4.78 is 34.7. The summed E-state index contributed by atoms with van der Waals surface area (Å²) >= 11 is 0. The fraction of sp³-hybridized carbons (Fsp3) is 0.827. The Kier molecular flexibility index (Phi) is 43.9. The summed E-state index contributed by atoms with van der Waals surface area (Å²) in [6.07, 6.45) is 55.6. The zero-order valence-electron chi connectivity index (χ0n) is 40.6. The number of esters is 1. The van der Waals surface area contributed by atoms with Crippen molar-refractivity contribution in [1.29, 1.82) is 0 Å². The van der Waals surface area contributed by atoms with Crippen LogP contribution in [0.15, 0.2) is 48.6 Å². The molecule has 0 saturated carbocycles. The van der Waals surface area contributed by atoms with E-state index in [0.717, 1.165) is 51.4 Å². The van der Waals surface area contributed by atoms with Gasteiger partial charge in [0.1, 0.15) is 19.3 Å². The van der Waals surface area contributed by atoms with Gasteiger partial charge in [0.05, 0.1) is 34.4 Å². The number of phosphoric acid groups is 1. The van der Waals surface area contributed by atoms with E-state index in [0.29, 0.717) is 24.1 Å². The molecule has 0 aliphatic heterocycles. The van der Waals surface area contributed by atoms with Crippen molar-refractivity contribution in [3.05, 3.63) is 48.6 Å². The minimum atomic E-state index is -4.53. The minimum absolute atomic E-state index is 0.0223. The third-order valence-electron chi connectivity index (χ3n) is 10.9. The van der Waals surface area contributed by atoms with E-state index in [9.17, 15) is 14.3 Å². The van der Waals surface area contributed by atoms with Gasteiger partial charge in [-0.1, -0.05) is 184 Å².